The van der Waals surface area contributed by atoms with E-state index in [1.54, 1.807) is 11.3 Å². The van der Waals surface area contributed by atoms with Gasteiger partial charge in [0.2, 0.25) is 0 Å². The predicted molar refractivity (Wildman–Crippen MR) is 101 cm³/mol. The summed E-state index contributed by atoms with van der Waals surface area (Å²) in [6.07, 6.45) is 3.63. The van der Waals surface area contributed by atoms with Gasteiger partial charge in [0, 0.05) is 11.1 Å². The van der Waals surface area contributed by atoms with E-state index in [1.165, 1.54) is 41.6 Å². The molecule has 1 aliphatic rings. The van der Waals surface area contributed by atoms with Gasteiger partial charge in [-0.2, -0.15) is 0 Å². The maximum Gasteiger partial charge on any atom is 0.190 e. The summed E-state index contributed by atoms with van der Waals surface area (Å²) < 4.78 is 2.44. The number of nitrogens with zero attached hydrogens (tertiary/aromatic N) is 2. The van der Waals surface area contributed by atoms with E-state index in [0.717, 1.165) is 10.5 Å². The topological polar surface area (TPSA) is 17.3 Å². The largest absolute Gasteiger partial charge is 0.314 e. The lowest BCUT2D eigenvalue weighted by Gasteiger charge is -2.27. The average molecular weight is 334 g/mol. The minimum Gasteiger partial charge on any atom is -0.314 e. The van der Waals surface area contributed by atoms with Crippen molar-refractivity contribution < 1.29 is 0 Å². The summed E-state index contributed by atoms with van der Waals surface area (Å²) in [5.41, 5.74) is 6.55. The molecule has 4 rings (SSSR count). The molecule has 0 bridgehead atoms. The Bertz CT molecular complexity index is 933. The average Bonchev–Trinajstić information content (AvgIpc) is 2.97. The fourth-order valence-electron chi connectivity index (χ4n) is 3.65. The molecule has 2 aromatic carbocycles. The van der Waals surface area contributed by atoms with Crippen LogP contribution < -0.4 is 4.80 Å². The molecule has 3 heteroatoms. The second-order valence-electron chi connectivity index (χ2n) is 6.53. The first-order valence-corrected chi connectivity index (χ1v) is 9.47. The van der Waals surface area contributed by atoms with Gasteiger partial charge in [0.1, 0.15) is 0 Å². The summed E-state index contributed by atoms with van der Waals surface area (Å²) in [4.78, 5) is 6.09. The number of benzene rings is 2. The summed E-state index contributed by atoms with van der Waals surface area (Å²) in [5, 5.41) is 2.23. The molecular formula is C21H22N2S. The van der Waals surface area contributed by atoms with Gasteiger partial charge >= 0.3 is 0 Å². The van der Waals surface area contributed by atoms with Gasteiger partial charge in [-0.25, -0.2) is 4.99 Å². The molecule has 1 heterocycles. The second kappa shape index (κ2) is 6.40. The summed E-state index contributed by atoms with van der Waals surface area (Å²) >= 11 is 1.74. The molecular weight excluding hydrogens is 312 g/mol. The monoisotopic (exact) mass is 334 g/mol. The third-order valence-electron chi connectivity index (χ3n) is 4.90. The molecule has 0 N–H and O–H groups in total. The summed E-state index contributed by atoms with van der Waals surface area (Å²) in [6.45, 7) is 4.32. The molecule has 0 fully saturated rings. The second-order valence-corrected chi connectivity index (χ2v) is 7.37. The lowest BCUT2D eigenvalue weighted by atomic mass is 9.87. The van der Waals surface area contributed by atoms with Crippen molar-refractivity contribution in [3.63, 3.8) is 0 Å². The fourth-order valence-corrected chi connectivity index (χ4v) is 4.58. The normalized spacial score (nSPS) is 17.8. The van der Waals surface area contributed by atoms with E-state index >= 15 is 0 Å². The molecule has 0 radical (unpaired) electrons. The zero-order valence-corrected chi connectivity index (χ0v) is 15.0. The third-order valence-corrected chi connectivity index (χ3v) is 5.86. The van der Waals surface area contributed by atoms with Crippen molar-refractivity contribution in [3.8, 4) is 0 Å². The molecule has 3 aromatic rings. The van der Waals surface area contributed by atoms with E-state index in [1.807, 2.05) is 0 Å². The van der Waals surface area contributed by atoms with Crippen LogP contribution in [0.2, 0.25) is 0 Å². The maximum atomic E-state index is 4.99. The van der Waals surface area contributed by atoms with Gasteiger partial charge in [0.25, 0.3) is 0 Å². The molecule has 1 unspecified atom stereocenters. The van der Waals surface area contributed by atoms with E-state index in [9.17, 15) is 0 Å². The highest BCUT2D eigenvalue weighted by Gasteiger charge is 2.23. The van der Waals surface area contributed by atoms with Crippen LogP contribution in [0.3, 0.4) is 0 Å². The van der Waals surface area contributed by atoms with Crippen LogP contribution in [0.25, 0.3) is 0 Å². The minimum absolute atomic E-state index is 0.406. The van der Waals surface area contributed by atoms with Crippen LogP contribution in [-0.2, 0) is 6.42 Å². The van der Waals surface area contributed by atoms with E-state index in [4.69, 9.17) is 4.99 Å². The minimum atomic E-state index is 0.406. The van der Waals surface area contributed by atoms with Crippen molar-refractivity contribution in [3.05, 3.63) is 81.1 Å². The lowest BCUT2D eigenvalue weighted by molar-refractivity contribution is 0.474. The Hall–Kier alpha value is -2.13. The first kappa shape index (κ1) is 15.4. The Morgan fingerprint density at radius 3 is 2.71 bits per heavy atom. The molecule has 1 atom stereocenters. The van der Waals surface area contributed by atoms with Crippen LogP contribution in [0.15, 0.2) is 58.9 Å². The predicted octanol–water partition coefficient (Wildman–Crippen LogP) is 5.32. The van der Waals surface area contributed by atoms with E-state index in [2.05, 4.69) is 72.3 Å². The Balaban J connectivity index is 1.87. The first-order chi connectivity index (χ1) is 11.7. The Morgan fingerprint density at radius 2 is 1.83 bits per heavy atom. The quantitative estimate of drug-likeness (QED) is 0.603. The Morgan fingerprint density at radius 1 is 1.04 bits per heavy atom. The number of fused-ring (bicyclic) bond motifs is 1. The van der Waals surface area contributed by atoms with Crippen molar-refractivity contribution in [2.75, 3.05) is 0 Å². The van der Waals surface area contributed by atoms with Crippen molar-refractivity contribution in [2.45, 2.75) is 39.2 Å². The van der Waals surface area contributed by atoms with Crippen molar-refractivity contribution >= 4 is 17.0 Å². The standard InChI is InChI=1S/C21H22N2S/c1-15-8-3-6-12-19(15)22-21-23(16(2)14-24-21)20-13-7-10-17-9-4-5-11-18(17)20/h3-6,8-9,11-12,14,20H,7,10,13H2,1-2H3. The molecule has 0 aliphatic heterocycles. The molecule has 0 spiro atoms. The summed E-state index contributed by atoms with van der Waals surface area (Å²) in [6, 6.07) is 17.7. The number of aryl methyl sites for hydroxylation is 3. The molecule has 24 heavy (non-hydrogen) atoms. The highest BCUT2D eigenvalue weighted by molar-refractivity contribution is 7.07. The van der Waals surface area contributed by atoms with Crippen molar-refractivity contribution in [2.24, 2.45) is 4.99 Å². The third kappa shape index (κ3) is 2.73. The number of hydrogen-bond acceptors (Lipinski definition) is 2. The molecule has 1 aliphatic carbocycles. The lowest BCUT2D eigenvalue weighted by Crippen LogP contribution is -2.26. The number of para-hydroxylation sites is 1. The number of aromatic nitrogens is 1. The maximum absolute atomic E-state index is 4.99. The summed E-state index contributed by atoms with van der Waals surface area (Å²) in [7, 11) is 0. The Labute approximate surface area is 147 Å². The van der Waals surface area contributed by atoms with Gasteiger partial charge in [-0.3, -0.25) is 0 Å². The molecule has 1 aromatic heterocycles. The van der Waals surface area contributed by atoms with Gasteiger partial charge in [0.15, 0.2) is 4.80 Å². The van der Waals surface area contributed by atoms with Gasteiger partial charge in [-0.05, 0) is 55.9 Å². The molecule has 2 nitrogen and oxygen atoms in total. The van der Waals surface area contributed by atoms with Gasteiger partial charge in [-0.15, -0.1) is 11.3 Å². The zero-order chi connectivity index (χ0) is 16.5. The number of rotatable bonds is 2. The van der Waals surface area contributed by atoms with Gasteiger partial charge in [0.05, 0.1) is 11.7 Å². The van der Waals surface area contributed by atoms with Crippen LogP contribution >= 0.6 is 11.3 Å². The van der Waals surface area contributed by atoms with Crippen molar-refractivity contribution in [1.82, 2.24) is 4.57 Å². The zero-order valence-electron chi connectivity index (χ0n) is 14.2. The Kier molecular flexibility index (Phi) is 4.11. The van der Waals surface area contributed by atoms with E-state index < -0.39 is 0 Å². The van der Waals surface area contributed by atoms with E-state index in [0.29, 0.717) is 6.04 Å². The van der Waals surface area contributed by atoms with Crippen LogP contribution in [0, 0.1) is 13.8 Å². The van der Waals surface area contributed by atoms with Gasteiger partial charge in [-0.1, -0.05) is 42.5 Å². The van der Waals surface area contributed by atoms with Crippen LogP contribution in [-0.4, -0.2) is 4.57 Å². The number of hydrogen-bond donors (Lipinski definition) is 0. The highest BCUT2D eigenvalue weighted by atomic mass is 32.1. The van der Waals surface area contributed by atoms with E-state index in [-0.39, 0.29) is 0 Å². The van der Waals surface area contributed by atoms with Gasteiger partial charge < -0.3 is 4.57 Å². The first-order valence-electron chi connectivity index (χ1n) is 8.59. The van der Waals surface area contributed by atoms with Crippen LogP contribution in [0.4, 0.5) is 5.69 Å². The highest BCUT2D eigenvalue weighted by Crippen LogP contribution is 2.33. The SMILES string of the molecule is Cc1ccccc1N=c1scc(C)n1C1CCCc2ccccc21. The molecule has 0 amide bonds. The molecule has 122 valence electrons. The number of thiazole rings is 1. The smallest absolute Gasteiger partial charge is 0.190 e. The molecule has 0 saturated carbocycles. The molecule has 0 saturated heterocycles. The van der Waals surface area contributed by atoms with Crippen molar-refractivity contribution in [1.29, 1.82) is 0 Å². The summed E-state index contributed by atoms with van der Waals surface area (Å²) in [5.74, 6) is 0. The van der Waals surface area contributed by atoms with Crippen LogP contribution in [0.5, 0.6) is 0 Å². The fraction of sp³-hybridized carbons (Fsp3) is 0.286. The van der Waals surface area contributed by atoms with Crippen LogP contribution in [0.1, 0.15) is 41.3 Å².